The molecule has 0 amide bonds. The van der Waals surface area contributed by atoms with Gasteiger partial charge in [0.1, 0.15) is 8.07 Å². The van der Waals surface area contributed by atoms with Gasteiger partial charge in [0.25, 0.3) is 0 Å². The number of aryl methyl sites for hydroxylation is 6. The van der Waals surface area contributed by atoms with Gasteiger partial charge in [0.05, 0.1) is 28.5 Å². The van der Waals surface area contributed by atoms with Crippen molar-refractivity contribution in [2.24, 2.45) is 10.3 Å². The molecule has 3 aromatic heterocycles. The first-order valence-corrected chi connectivity index (χ1v) is 31.1. The highest BCUT2D eigenvalue weighted by Gasteiger charge is 2.22. The molecule has 0 atom stereocenters. The largest absolute Gasteiger partial charge is 0.354 e. The zero-order valence-electron chi connectivity index (χ0n) is 48.4. The molecule has 5 heterocycles. The van der Waals surface area contributed by atoms with Crippen molar-refractivity contribution >= 4 is 60.1 Å². The van der Waals surface area contributed by atoms with Gasteiger partial charge in [0.2, 0.25) is 0 Å². The summed E-state index contributed by atoms with van der Waals surface area (Å²) in [7, 11) is -1.58. The second kappa shape index (κ2) is 21.7. The summed E-state index contributed by atoms with van der Waals surface area (Å²) < 4.78 is 0. The van der Waals surface area contributed by atoms with Crippen LogP contribution in [0.4, 0.5) is 5.69 Å². The lowest BCUT2D eigenvalue weighted by atomic mass is 9.86. The van der Waals surface area contributed by atoms with Crippen molar-refractivity contribution in [1.29, 1.82) is 0 Å². The van der Waals surface area contributed by atoms with Crippen LogP contribution in [0.5, 0.6) is 0 Å². The van der Waals surface area contributed by atoms with E-state index in [4.69, 9.17) is 9.97 Å². The quantitative estimate of drug-likeness (QED) is 0.0688. The Balaban J connectivity index is 1.23. The number of nitrogens with zero attached hydrogens (tertiary/aromatic N) is 5. The van der Waals surface area contributed by atoms with Crippen LogP contribution in [0.1, 0.15) is 113 Å². The van der Waals surface area contributed by atoms with E-state index in [2.05, 4.69) is 273 Å². The number of aromatic nitrogens is 4. The van der Waals surface area contributed by atoms with Gasteiger partial charge in [-0.3, -0.25) is 5.01 Å². The van der Waals surface area contributed by atoms with Gasteiger partial charge >= 0.3 is 0 Å². The molecule has 0 spiro atoms. The van der Waals surface area contributed by atoms with E-state index in [-0.39, 0.29) is 5.41 Å². The van der Waals surface area contributed by atoms with Gasteiger partial charge in [-0.25, -0.2) is 9.97 Å². The summed E-state index contributed by atoms with van der Waals surface area (Å²) in [5, 5.41) is 11.1. The van der Waals surface area contributed by atoms with Gasteiger partial charge in [-0.15, -0.1) is 10.7 Å². The molecule has 2 N–H and O–H groups in total. The first-order chi connectivity index (χ1) is 37.7. The van der Waals surface area contributed by atoms with Crippen molar-refractivity contribution < 1.29 is 0 Å². The van der Waals surface area contributed by atoms with Crippen LogP contribution in [0.3, 0.4) is 0 Å². The maximum Gasteiger partial charge on any atom is 0.129 e. The molecular formula is C71H71N7Si. The molecule has 7 nitrogen and oxygen atoms in total. The minimum absolute atomic E-state index is 0.0920. The Morgan fingerprint density at radius 2 is 0.861 bits per heavy atom. The van der Waals surface area contributed by atoms with Crippen molar-refractivity contribution in [2.45, 2.75) is 101 Å². The van der Waals surface area contributed by atoms with Gasteiger partial charge in [-0.05, 0) is 202 Å². The number of H-pyrrole nitrogens is 2. The fourth-order valence-electron chi connectivity index (χ4n) is 11.0. The van der Waals surface area contributed by atoms with Crippen molar-refractivity contribution in [2.75, 3.05) is 13.1 Å². The first kappa shape index (κ1) is 53.8. The number of hydrogen-bond donors (Lipinski definition) is 2. The van der Waals surface area contributed by atoms with Crippen molar-refractivity contribution in [3.8, 4) is 67.8 Å². The van der Waals surface area contributed by atoms with Crippen LogP contribution in [0, 0.1) is 64.8 Å². The van der Waals surface area contributed by atoms with Crippen LogP contribution >= 0.6 is 0 Å². The maximum absolute atomic E-state index is 5.65. The van der Waals surface area contributed by atoms with Crippen LogP contribution in [0.25, 0.3) is 90.9 Å². The second-order valence-corrected chi connectivity index (χ2v) is 28.1. The van der Waals surface area contributed by atoms with E-state index in [1.165, 1.54) is 33.4 Å². The fourth-order valence-corrected chi connectivity index (χ4v) is 11.5. The van der Waals surface area contributed by atoms with E-state index in [9.17, 15) is 0 Å². The molecule has 0 radical (unpaired) electrons. The molecule has 0 aliphatic carbocycles. The van der Waals surface area contributed by atoms with E-state index in [1.807, 2.05) is 11.1 Å². The maximum atomic E-state index is 5.65. The number of rotatable bonds is 8. The Morgan fingerprint density at radius 3 is 1.27 bits per heavy atom. The molecule has 2 aliphatic rings. The average molecular weight is 1050 g/mol. The second-order valence-electron chi connectivity index (χ2n) is 23.3. The number of fused-ring (bicyclic) bond motifs is 8. The first-order valence-electron chi connectivity index (χ1n) is 27.6. The normalized spacial score (nSPS) is 12.2. The highest BCUT2D eigenvalue weighted by atomic mass is 28.3. The Kier molecular flexibility index (Phi) is 14.8. The van der Waals surface area contributed by atoms with Crippen LogP contribution in [0.15, 0.2) is 126 Å². The Hall–Kier alpha value is -8.56. The summed E-state index contributed by atoms with van der Waals surface area (Å²) in [6.45, 7) is 32.4. The topological polar surface area (TPSA) is 85.3 Å². The molecule has 8 bridgehead atoms. The summed E-state index contributed by atoms with van der Waals surface area (Å²) in [6.07, 6.45) is 8.71. The zero-order chi connectivity index (χ0) is 55.9. The van der Waals surface area contributed by atoms with Crippen LogP contribution in [0.2, 0.25) is 19.6 Å². The van der Waals surface area contributed by atoms with E-state index >= 15 is 0 Å². The summed E-state index contributed by atoms with van der Waals surface area (Å²) >= 11 is 0. The summed E-state index contributed by atoms with van der Waals surface area (Å²) in [5.74, 6) is 10.4. The zero-order valence-corrected chi connectivity index (χ0v) is 49.4. The number of hydrogen-bond acceptors (Lipinski definition) is 4. The van der Waals surface area contributed by atoms with Gasteiger partial charge in [0, 0.05) is 74.1 Å². The van der Waals surface area contributed by atoms with Crippen LogP contribution in [-0.2, 0) is 5.41 Å². The highest BCUT2D eigenvalue weighted by Crippen LogP contribution is 2.41. The summed E-state index contributed by atoms with van der Waals surface area (Å²) in [5.41, 5.74) is 31.2. The van der Waals surface area contributed by atoms with E-state index in [1.54, 1.807) is 0 Å². The van der Waals surface area contributed by atoms with Gasteiger partial charge in [-0.2, -0.15) is 0 Å². The molecule has 0 saturated heterocycles. The molecule has 8 heteroatoms. The van der Waals surface area contributed by atoms with Gasteiger partial charge in [-0.1, -0.05) is 123 Å². The summed E-state index contributed by atoms with van der Waals surface area (Å²) in [4.78, 5) is 19.2. The van der Waals surface area contributed by atoms with Crippen LogP contribution in [-0.4, -0.2) is 46.1 Å². The van der Waals surface area contributed by atoms with E-state index in [0.717, 1.165) is 130 Å². The predicted molar refractivity (Wildman–Crippen MR) is 338 cm³/mol. The number of nitrogens with one attached hydrogen (secondary N) is 2. The predicted octanol–water partition coefficient (Wildman–Crippen LogP) is 18.4. The smallest absolute Gasteiger partial charge is 0.129 e. The molecule has 0 unspecified atom stereocenters. The molecule has 5 aromatic carbocycles. The third kappa shape index (κ3) is 11.5. The SMILES string of the molecule is CCN(CC)N=Nc1cc(C#Cc2ccc(-c3c4nc(c(-c5c(C)cc(C)cc5C)c5ccc([nH]5)c(-c5ccc(C#C[Si](C)(C)C)cc5)c5nc(c(-c6c(C)cc(C)cc6C)c6ccc3[nH]6)C=C5)C=C4)cc2)cc(C(C)(C)C)c1. The molecule has 8 aromatic rings. The lowest BCUT2D eigenvalue weighted by Crippen LogP contribution is -2.16. The van der Waals surface area contributed by atoms with Gasteiger partial charge in [0.15, 0.2) is 0 Å². The molecule has 2 aliphatic heterocycles. The minimum Gasteiger partial charge on any atom is -0.354 e. The average Bonchev–Trinajstić information content (AvgIpc) is 4.43. The molecule has 0 fully saturated rings. The molecular weight excluding hydrogens is 979 g/mol. The van der Waals surface area contributed by atoms with Crippen molar-refractivity contribution in [1.82, 2.24) is 24.9 Å². The fraction of sp³-hybridized carbons (Fsp3) is 0.239. The highest BCUT2D eigenvalue weighted by molar-refractivity contribution is 6.83. The van der Waals surface area contributed by atoms with Crippen molar-refractivity contribution in [3.63, 3.8) is 0 Å². The minimum atomic E-state index is -1.58. The Labute approximate surface area is 468 Å². The standard InChI is InChI=1S/C71H71N7Si/c1-15-78(16-2)77-76-56-42-52(41-55(43-56)71(9,10)11)18-17-50-19-23-53(24-20-50)67-57-27-31-61(72-57)69(65-46(5)37-44(3)38-47(65)6)63-33-29-59(74-63)68(54-25-21-51(22-26-54)35-36-79(12,13)14)60-30-34-64(75-60)70(62-32-28-58(67)73-62)66-48(7)39-45(4)40-49(66)8/h19-34,37-43,72,75H,15-16H2,1-14H3. The monoisotopic (exact) mass is 1050 g/mol. The van der Waals surface area contributed by atoms with Gasteiger partial charge < -0.3 is 9.97 Å². The molecule has 394 valence electrons. The molecule has 0 saturated carbocycles. The van der Waals surface area contributed by atoms with Crippen LogP contribution < -0.4 is 0 Å². The van der Waals surface area contributed by atoms with Crippen molar-refractivity contribution in [3.05, 3.63) is 194 Å². The number of aromatic amines is 2. The lowest BCUT2D eigenvalue weighted by molar-refractivity contribution is 0.300. The van der Waals surface area contributed by atoms with E-state index < -0.39 is 8.07 Å². The van der Waals surface area contributed by atoms with E-state index in [0.29, 0.717) is 0 Å². The third-order valence-electron chi connectivity index (χ3n) is 14.7. The Morgan fingerprint density at radius 1 is 0.468 bits per heavy atom. The summed E-state index contributed by atoms with van der Waals surface area (Å²) in [6, 6.07) is 41.5. The third-order valence-corrected chi connectivity index (χ3v) is 15.6. The lowest BCUT2D eigenvalue weighted by Gasteiger charge is -2.20. The molecule has 79 heavy (non-hydrogen) atoms. The number of benzene rings is 5. The Bertz CT molecular complexity index is 4020. The molecule has 10 rings (SSSR count).